The molecule has 5 heteroatoms. The average molecular weight is 290 g/mol. The average Bonchev–Trinajstić information content (AvgIpc) is 2.77. The molecule has 2 aromatic rings. The van der Waals surface area contributed by atoms with Crippen molar-refractivity contribution in [1.82, 2.24) is 10.3 Å². The number of aromatic nitrogens is 1. The summed E-state index contributed by atoms with van der Waals surface area (Å²) >= 11 is 0. The maximum Gasteiger partial charge on any atom is 0.275 e. The van der Waals surface area contributed by atoms with Crippen molar-refractivity contribution in [1.29, 1.82) is 0 Å². The van der Waals surface area contributed by atoms with Gasteiger partial charge in [0.25, 0.3) is 11.8 Å². The molecule has 2 N–H and O–H groups in total. The highest BCUT2D eigenvalue weighted by Crippen LogP contribution is 2.13. The van der Waals surface area contributed by atoms with Crippen LogP contribution in [0.1, 0.15) is 33.6 Å². The number of amides is 1. The Balaban J connectivity index is 2.00. The van der Waals surface area contributed by atoms with Crippen LogP contribution >= 0.6 is 0 Å². The van der Waals surface area contributed by atoms with Gasteiger partial charge in [0, 0.05) is 5.54 Å². The lowest BCUT2D eigenvalue weighted by molar-refractivity contribution is -0.905. The van der Waals surface area contributed by atoms with Crippen LogP contribution in [0.15, 0.2) is 28.7 Å². The minimum Gasteiger partial charge on any atom is -0.435 e. The Bertz CT molecular complexity index is 580. The number of fused-ring (bicyclic) bond motifs is 1. The first-order valence-corrected chi connectivity index (χ1v) is 7.36. The molecule has 0 bridgehead atoms. The van der Waals surface area contributed by atoms with E-state index in [0.29, 0.717) is 19.0 Å². The molecule has 0 spiro atoms. The van der Waals surface area contributed by atoms with Crippen LogP contribution in [0.5, 0.6) is 0 Å². The zero-order valence-electron chi connectivity index (χ0n) is 13.2. The van der Waals surface area contributed by atoms with Crippen molar-refractivity contribution in [2.75, 3.05) is 13.1 Å². The van der Waals surface area contributed by atoms with Gasteiger partial charge >= 0.3 is 0 Å². The fourth-order valence-electron chi connectivity index (χ4n) is 2.21. The molecule has 1 unspecified atom stereocenters. The number of rotatable bonds is 5. The van der Waals surface area contributed by atoms with Gasteiger partial charge < -0.3 is 14.6 Å². The molecule has 2 rings (SSSR count). The van der Waals surface area contributed by atoms with Gasteiger partial charge in [0.05, 0.1) is 6.54 Å². The van der Waals surface area contributed by atoms with Crippen molar-refractivity contribution in [3.63, 3.8) is 0 Å². The Hall–Kier alpha value is -1.88. The monoisotopic (exact) mass is 290 g/mol. The minimum absolute atomic E-state index is 0.0514. The number of para-hydroxylation sites is 2. The molecule has 1 amide bonds. The highest BCUT2D eigenvalue weighted by Gasteiger charge is 2.20. The highest BCUT2D eigenvalue weighted by atomic mass is 16.3. The third kappa shape index (κ3) is 4.56. The first-order valence-electron chi connectivity index (χ1n) is 7.36. The summed E-state index contributed by atoms with van der Waals surface area (Å²) in [6.07, 6.45) is 0. The van der Waals surface area contributed by atoms with E-state index in [1.54, 1.807) is 0 Å². The van der Waals surface area contributed by atoms with Crippen molar-refractivity contribution < 1.29 is 14.1 Å². The van der Waals surface area contributed by atoms with E-state index in [9.17, 15) is 4.79 Å². The summed E-state index contributed by atoms with van der Waals surface area (Å²) in [6, 6.07) is 7.71. The number of nitrogens with one attached hydrogen (secondary N) is 2. The van der Waals surface area contributed by atoms with Gasteiger partial charge in [-0.25, -0.2) is 4.98 Å². The largest absolute Gasteiger partial charge is 0.435 e. The molecule has 0 aliphatic carbocycles. The van der Waals surface area contributed by atoms with Crippen molar-refractivity contribution in [3.8, 4) is 0 Å². The van der Waals surface area contributed by atoms with Gasteiger partial charge in [-0.05, 0) is 39.8 Å². The molecule has 0 saturated carbocycles. The van der Waals surface area contributed by atoms with Gasteiger partial charge in [-0.2, -0.15) is 0 Å². The summed E-state index contributed by atoms with van der Waals surface area (Å²) in [5.74, 6) is 0.729. The van der Waals surface area contributed by atoms with Crippen LogP contribution < -0.4 is 10.2 Å². The lowest BCUT2D eigenvalue weighted by atomic mass is 10.1. The van der Waals surface area contributed by atoms with Gasteiger partial charge in [0.15, 0.2) is 18.7 Å². The normalized spacial score (nSPS) is 13.3. The summed E-state index contributed by atoms with van der Waals surface area (Å²) in [6.45, 7) is 9.89. The van der Waals surface area contributed by atoms with Crippen LogP contribution in [0.25, 0.3) is 11.1 Å². The number of hydrogen-bond donors (Lipinski definition) is 2. The third-order valence-electron chi connectivity index (χ3n) is 3.16. The predicted octanol–water partition coefficient (Wildman–Crippen LogP) is 1.15. The van der Waals surface area contributed by atoms with E-state index in [1.165, 1.54) is 0 Å². The molecule has 5 nitrogen and oxygen atoms in total. The number of quaternary nitrogens is 1. The summed E-state index contributed by atoms with van der Waals surface area (Å²) in [7, 11) is 0. The number of hydrogen-bond acceptors (Lipinski definition) is 3. The minimum atomic E-state index is -0.201. The fourth-order valence-corrected chi connectivity index (χ4v) is 2.21. The lowest BCUT2D eigenvalue weighted by Crippen LogP contribution is -3.11. The Kier molecular flexibility index (Phi) is 4.63. The molecule has 0 radical (unpaired) electrons. The van der Waals surface area contributed by atoms with Gasteiger partial charge in [-0.3, -0.25) is 4.79 Å². The van der Waals surface area contributed by atoms with E-state index < -0.39 is 0 Å². The Labute approximate surface area is 125 Å². The standard InChI is InChI=1S/C16H23N3O2/c1-5-19(10-14(20)18-16(2,3)4)11-15-17-12-8-6-7-9-13(12)21-15/h6-9H,5,10-11H2,1-4H3,(H,18,20)/p+1. The van der Waals surface area contributed by atoms with Crippen molar-refractivity contribution in [3.05, 3.63) is 30.2 Å². The molecule has 1 aromatic heterocycles. The van der Waals surface area contributed by atoms with Crippen LogP contribution in [-0.4, -0.2) is 29.5 Å². The number of oxazole rings is 1. The molecule has 0 aliphatic rings. The molecule has 114 valence electrons. The number of benzene rings is 1. The maximum atomic E-state index is 12.0. The number of carbonyl (C=O) groups is 1. The van der Waals surface area contributed by atoms with Gasteiger partial charge in [0.1, 0.15) is 5.52 Å². The van der Waals surface area contributed by atoms with E-state index in [0.717, 1.165) is 22.5 Å². The smallest absolute Gasteiger partial charge is 0.275 e. The topological polar surface area (TPSA) is 59.6 Å². The predicted molar refractivity (Wildman–Crippen MR) is 82.0 cm³/mol. The molecule has 0 saturated heterocycles. The summed E-state index contributed by atoms with van der Waals surface area (Å²) < 4.78 is 5.72. The first kappa shape index (κ1) is 15.5. The van der Waals surface area contributed by atoms with Crippen LogP contribution in [0.2, 0.25) is 0 Å². The Morgan fingerprint density at radius 2 is 2.05 bits per heavy atom. The second kappa shape index (κ2) is 6.26. The SMILES string of the molecule is CC[NH+](CC(=O)NC(C)(C)C)Cc1nc2ccccc2o1. The first-order chi connectivity index (χ1) is 9.87. The third-order valence-corrected chi connectivity index (χ3v) is 3.16. The van der Waals surface area contributed by atoms with Crippen molar-refractivity contribution in [2.45, 2.75) is 39.8 Å². The second-order valence-electron chi connectivity index (χ2n) is 6.33. The summed E-state index contributed by atoms with van der Waals surface area (Å²) in [5, 5.41) is 2.99. The summed E-state index contributed by atoms with van der Waals surface area (Å²) in [5.41, 5.74) is 1.46. The molecular formula is C16H24N3O2+. The van der Waals surface area contributed by atoms with E-state index in [1.807, 2.05) is 45.0 Å². The van der Waals surface area contributed by atoms with E-state index in [4.69, 9.17) is 4.42 Å². The van der Waals surface area contributed by atoms with Crippen molar-refractivity contribution in [2.24, 2.45) is 0 Å². The quantitative estimate of drug-likeness (QED) is 0.868. The zero-order valence-corrected chi connectivity index (χ0v) is 13.2. The van der Waals surface area contributed by atoms with Crippen LogP contribution in [0.3, 0.4) is 0 Å². The summed E-state index contributed by atoms with van der Waals surface area (Å²) in [4.78, 5) is 17.6. The lowest BCUT2D eigenvalue weighted by Gasteiger charge is -2.22. The van der Waals surface area contributed by atoms with Gasteiger partial charge in [-0.15, -0.1) is 0 Å². The molecular weight excluding hydrogens is 266 g/mol. The van der Waals surface area contributed by atoms with Gasteiger partial charge in [0.2, 0.25) is 0 Å². The number of likely N-dealkylation sites (N-methyl/N-ethyl adjacent to an activating group) is 1. The molecule has 0 fully saturated rings. The Morgan fingerprint density at radius 3 is 2.67 bits per heavy atom. The molecule has 0 aliphatic heterocycles. The number of nitrogens with zero attached hydrogens (tertiary/aromatic N) is 1. The Morgan fingerprint density at radius 1 is 1.33 bits per heavy atom. The van der Waals surface area contributed by atoms with Crippen LogP contribution in [0, 0.1) is 0 Å². The molecule has 21 heavy (non-hydrogen) atoms. The van der Waals surface area contributed by atoms with Crippen LogP contribution in [0.4, 0.5) is 0 Å². The highest BCUT2D eigenvalue weighted by molar-refractivity contribution is 5.77. The zero-order chi connectivity index (χ0) is 15.5. The van der Waals surface area contributed by atoms with Crippen LogP contribution in [-0.2, 0) is 11.3 Å². The fraction of sp³-hybridized carbons (Fsp3) is 0.500. The van der Waals surface area contributed by atoms with Gasteiger partial charge in [-0.1, -0.05) is 12.1 Å². The molecule has 1 heterocycles. The second-order valence-corrected chi connectivity index (χ2v) is 6.33. The van der Waals surface area contributed by atoms with E-state index in [-0.39, 0.29) is 11.4 Å². The van der Waals surface area contributed by atoms with Crippen molar-refractivity contribution >= 4 is 17.0 Å². The molecule has 1 atom stereocenters. The van der Waals surface area contributed by atoms with E-state index in [2.05, 4.69) is 17.2 Å². The maximum absolute atomic E-state index is 12.0. The van der Waals surface area contributed by atoms with E-state index >= 15 is 0 Å². The number of carbonyl (C=O) groups excluding carboxylic acids is 1. The molecule has 1 aromatic carbocycles.